The van der Waals surface area contributed by atoms with E-state index in [4.69, 9.17) is 34.8 Å². The van der Waals surface area contributed by atoms with Crippen LogP contribution in [0.3, 0.4) is 0 Å². The van der Waals surface area contributed by atoms with Gasteiger partial charge in [-0.3, -0.25) is 0 Å². The fourth-order valence-corrected chi connectivity index (χ4v) is 4.27. The Morgan fingerprint density at radius 2 is 1.33 bits per heavy atom. The lowest BCUT2D eigenvalue weighted by Gasteiger charge is -2.23. The molecule has 0 spiro atoms. The van der Waals surface area contributed by atoms with Crippen molar-refractivity contribution in [1.29, 1.82) is 0 Å². The van der Waals surface area contributed by atoms with Gasteiger partial charge in [-0.15, -0.1) is 28.3 Å². The summed E-state index contributed by atoms with van der Waals surface area (Å²) < 4.78 is 0. The van der Waals surface area contributed by atoms with E-state index in [1.165, 1.54) is 11.1 Å². The monoisotopic (exact) mass is 455 g/mol. The molecular formula is C24H20Cl3N3. The summed E-state index contributed by atoms with van der Waals surface area (Å²) in [5.74, 6) is 1.05. The van der Waals surface area contributed by atoms with E-state index in [0.717, 1.165) is 28.1 Å². The number of rotatable bonds is 7. The van der Waals surface area contributed by atoms with Crippen molar-refractivity contribution in [2.75, 3.05) is 29.7 Å². The molecule has 0 saturated heterocycles. The van der Waals surface area contributed by atoms with E-state index in [1.807, 2.05) is 42.5 Å². The van der Waals surface area contributed by atoms with E-state index < -0.39 is 0 Å². The molecule has 0 saturated carbocycles. The summed E-state index contributed by atoms with van der Waals surface area (Å²) in [5.41, 5.74) is 7.22. The Kier molecular flexibility index (Phi) is 6.73. The first-order valence-corrected chi connectivity index (χ1v) is 11.1. The zero-order chi connectivity index (χ0) is 20.9. The van der Waals surface area contributed by atoms with Crippen molar-refractivity contribution >= 4 is 52.4 Å². The summed E-state index contributed by atoms with van der Waals surface area (Å²) in [5, 5.41) is 9.50. The van der Waals surface area contributed by atoms with Gasteiger partial charge in [-0.05, 0) is 29.3 Å². The van der Waals surface area contributed by atoms with Gasteiger partial charge in [0.2, 0.25) is 0 Å². The maximum absolute atomic E-state index is 6.50. The van der Waals surface area contributed by atoms with E-state index in [-0.39, 0.29) is 0 Å². The molecule has 0 aromatic heterocycles. The molecule has 0 amide bonds. The number of hydrogen-bond acceptors (Lipinski definition) is 3. The van der Waals surface area contributed by atoms with Crippen LogP contribution in [0.2, 0.25) is 5.02 Å². The molecule has 3 aromatic carbocycles. The van der Waals surface area contributed by atoms with E-state index in [2.05, 4.69) is 39.4 Å². The van der Waals surface area contributed by atoms with Crippen LogP contribution in [-0.4, -0.2) is 36.8 Å². The molecule has 0 atom stereocenters. The topological polar surface area (TPSA) is 28.0 Å². The third-order valence-corrected chi connectivity index (χ3v) is 5.73. The Morgan fingerprint density at radius 3 is 1.87 bits per heavy atom. The van der Waals surface area contributed by atoms with Gasteiger partial charge < -0.3 is 4.90 Å². The summed E-state index contributed by atoms with van der Waals surface area (Å²) >= 11 is 18.3. The van der Waals surface area contributed by atoms with Crippen LogP contribution in [0.5, 0.6) is 0 Å². The minimum atomic E-state index is 0.526. The van der Waals surface area contributed by atoms with Crippen molar-refractivity contribution in [1.82, 2.24) is 0 Å². The number of benzene rings is 3. The molecule has 0 aliphatic heterocycles. The Bertz CT molecular complexity index is 1050. The van der Waals surface area contributed by atoms with Crippen molar-refractivity contribution < 1.29 is 0 Å². The third kappa shape index (κ3) is 4.24. The lowest BCUT2D eigenvalue weighted by Crippen LogP contribution is -2.27. The molecule has 30 heavy (non-hydrogen) atoms. The molecule has 0 radical (unpaired) electrons. The minimum absolute atomic E-state index is 0.526. The summed E-state index contributed by atoms with van der Waals surface area (Å²) in [4.78, 5) is 2.11. The summed E-state index contributed by atoms with van der Waals surface area (Å²) in [6.45, 7) is 1.43. The fourth-order valence-electron chi connectivity index (χ4n) is 3.64. The Morgan fingerprint density at radius 1 is 0.767 bits per heavy atom. The molecule has 3 nitrogen and oxygen atoms in total. The van der Waals surface area contributed by atoms with E-state index >= 15 is 0 Å². The zero-order valence-corrected chi connectivity index (χ0v) is 18.5. The molecule has 152 valence electrons. The second kappa shape index (κ2) is 9.65. The minimum Gasteiger partial charge on any atom is -0.369 e. The quantitative estimate of drug-likeness (QED) is 0.178. The van der Waals surface area contributed by atoms with Gasteiger partial charge in [0.05, 0.1) is 11.2 Å². The molecule has 4 rings (SSSR count). The van der Waals surface area contributed by atoms with Crippen molar-refractivity contribution in [3.05, 3.63) is 88.4 Å². The molecule has 3 aromatic rings. The summed E-state index contributed by atoms with van der Waals surface area (Å²) in [6, 6.07) is 22.4. The van der Waals surface area contributed by atoms with Crippen LogP contribution < -0.4 is 4.90 Å². The van der Waals surface area contributed by atoms with Gasteiger partial charge in [-0.1, -0.05) is 60.1 Å². The highest BCUT2D eigenvalue weighted by molar-refractivity contribution is 6.33. The van der Waals surface area contributed by atoms with Gasteiger partial charge >= 0.3 is 0 Å². The smallest absolute Gasteiger partial charge is 0.101 e. The van der Waals surface area contributed by atoms with Crippen LogP contribution in [0.15, 0.2) is 76.9 Å². The Labute approximate surface area is 191 Å². The number of hydrogen-bond donors (Lipinski definition) is 0. The Balaban J connectivity index is 1.61. The normalized spacial score (nSPS) is 12.2. The standard InChI is InChI=1S/C24H20Cl3N3/c25-11-13-30(14-12-26)18-10-9-17(23(27)15-18)16-28-29-24-21-7-3-1-5-19(21)20-6-2-4-8-22(20)24/h1-10,15-16H,11-14H2. The van der Waals surface area contributed by atoms with E-state index in [0.29, 0.717) is 29.9 Å². The first-order chi connectivity index (χ1) is 14.7. The molecule has 0 heterocycles. The van der Waals surface area contributed by atoms with E-state index in [1.54, 1.807) is 6.21 Å². The van der Waals surface area contributed by atoms with Crippen molar-refractivity contribution in [3.8, 4) is 11.1 Å². The second-order valence-corrected chi connectivity index (χ2v) is 8.02. The highest BCUT2D eigenvalue weighted by Crippen LogP contribution is 2.36. The van der Waals surface area contributed by atoms with Crippen LogP contribution in [0.1, 0.15) is 16.7 Å². The van der Waals surface area contributed by atoms with Crippen LogP contribution in [0.4, 0.5) is 5.69 Å². The first kappa shape index (κ1) is 20.9. The fraction of sp³-hybridized carbons (Fsp3) is 0.167. The van der Waals surface area contributed by atoms with Gasteiger partial charge in [-0.2, -0.15) is 5.10 Å². The first-order valence-electron chi connectivity index (χ1n) is 9.69. The van der Waals surface area contributed by atoms with Gasteiger partial charge in [0.1, 0.15) is 5.71 Å². The van der Waals surface area contributed by atoms with Crippen LogP contribution in [-0.2, 0) is 0 Å². The van der Waals surface area contributed by atoms with Crippen molar-refractivity contribution in [3.63, 3.8) is 0 Å². The van der Waals surface area contributed by atoms with Crippen LogP contribution in [0.25, 0.3) is 11.1 Å². The second-order valence-electron chi connectivity index (χ2n) is 6.86. The number of halogens is 3. The lowest BCUT2D eigenvalue weighted by molar-refractivity contribution is 0.874. The number of alkyl halides is 2. The molecule has 6 heteroatoms. The summed E-state index contributed by atoms with van der Waals surface area (Å²) in [7, 11) is 0. The number of fused-ring (bicyclic) bond motifs is 3. The van der Waals surface area contributed by atoms with Gasteiger partial charge in [0.25, 0.3) is 0 Å². The highest BCUT2D eigenvalue weighted by Gasteiger charge is 2.23. The van der Waals surface area contributed by atoms with Gasteiger partial charge in [0, 0.05) is 47.2 Å². The molecule has 0 bridgehead atoms. The largest absolute Gasteiger partial charge is 0.369 e. The maximum Gasteiger partial charge on any atom is 0.101 e. The molecular weight excluding hydrogens is 437 g/mol. The summed E-state index contributed by atoms with van der Waals surface area (Å²) in [6.07, 6.45) is 1.69. The third-order valence-electron chi connectivity index (χ3n) is 5.07. The molecule has 0 N–H and O–H groups in total. The molecule has 0 unspecified atom stereocenters. The van der Waals surface area contributed by atoms with Gasteiger partial charge in [0.15, 0.2) is 0 Å². The highest BCUT2D eigenvalue weighted by atomic mass is 35.5. The predicted molar refractivity (Wildman–Crippen MR) is 130 cm³/mol. The van der Waals surface area contributed by atoms with Crippen molar-refractivity contribution in [2.45, 2.75) is 0 Å². The average molecular weight is 457 g/mol. The maximum atomic E-state index is 6.50. The predicted octanol–water partition coefficient (Wildman–Crippen LogP) is 6.48. The lowest BCUT2D eigenvalue weighted by atomic mass is 10.1. The zero-order valence-electron chi connectivity index (χ0n) is 16.2. The molecule has 1 aliphatic rings. The number of anilines is 1. The van der Waals surface area contributed by atoms with Crippen LogP contribution >= 0.6 is 34.8 Å². The van der Waals surface area contributed by atoms with Crippen LogP contribution in [0, 0.1) is 0 Å². The van der Waals surface area contributed by atoms with E-state index in [9.17, 15) is 0 Å². The average Bonchev–Trinajstić information content (AvgIpc) is 3.09. The molecule has 0 fully saturated rings. The van der Waals surface area contributed by atoms with Gasteiger partial charge in [-0.25, -0.2) is 0 Å². The molecule has 1 aliphatic carbocycles. The van der Waals surface area contributed by atoms with Crippen molar-refractivity contribution in [2.24, 2.45) is 10.2 Å². The Hall–Kier alpha value is -2.33. The number of nitrogens with zero attached hydrogens (tertiary/aromatic N) is 3. The SMILES string of the molecule is ClCCN(CCCl)c1ccc(C=NN=C2c3ccccc3-c3ccccc32)c(Cl)c1.